The van der Waals surface area contributed by atoms with Crippen molar-refractivity contribution in [2.75, 3.05) is 4.90 Å². The van der Waals surface area contributed by atoms with Gasteiger partial charge in [0, 0.05) is 29.0 Å². The van der Waals surface area contributed by atoms with Crippen molar-refractivity contribution in [1.82, 2.24) is 4.98 Å². The van der Waals surface area contributed by atoms with E-state index in [9.17, 15) is 4.79 Å². The first-order chi connectivity index (χ1) is 12.7. The molecule has 0 saturated heterocycles. The van der Waals surface area contributed by atoms with E-state index in [-0.39, 0.29) is 11.8 Å². The van der Waals surface area contributed by atoms with Gasteiger partial charge in [-0.3, -0.25) is 9.78 Å². The molecule has 1 fully saturated rings. The Morgan fingerprint density at radius 2 is 1.88 bits per heavy atom. The summed E-state index contributed by atoms with van der Waals surface area (Å²) in [6.07, 6.45) is 4.43. The molecule has 3 aromatic rings. The minimum atomic E-state index is -0.424. The molecule has 0 radical (unpaired) electrons. The van der Waals surface area contributed by atoms with Crippen LogP contribution < -0.4 is 4.90 Å². The molecule has 1 spiro atoms. The number of para-hydroxylation sites is 1. The van der Waals surface area contributed by atoms with Crippen molar-refractivity contribution >= 4 is 23.2 Å². The number of hydrogen-bond donors (Lipinski definition) is 0. The molecule has 1 aliphatic heterocycles. The molecule has 3 nitrogen and oxygen atoms in total. The van der Waals surface area contributed by atoms with Gasteiger partial charge in [0.2, 0.25) is 5.91 Å². The fourth-order valence-electron chi connectivity index (χ4n) is 4.28. The van der Waals surface area contributed by atoms with Crippen LogP contribution in [0.15, 0.2) is 73.1 Å². The van der Waals surface area contributed by atoms with E-state index in [1.54, 1.807) is 6.20 Å². The average molecular weight is 361 g/mol. The van der Waals surface area contributed by atoms with E-state index >= 15 is 0 Å². The Balaban J connectivity index is 1.54. The number of anilines is 1. The normalized spacial score (nSPS) is 23.3. The van der Waals surface area contributed by atoms with Crippen LogP contribution in [0, 0.1) is 0 Å². The fraction of sp³-hybridized carbons (Fsp3) is 0.182. The standard InChI is InChI=1S/C22H17ClN2O/c23-17-9-7-16(8-10-17)19-12-22(19)18-5-1-2-6-20(18)25(21(22)26)14-15-4-3-11-24-13-15/h1-11,13,19H,12,14H2/t19-,22-/m0/s1. The molecule has 1 aromatic heterocycles. The van der Waals surface area contributed by atoms with Crippen LogP contribution in [0.4, 0.5) is 5.69 Å². The van der Waals surface area contributed by atoms with Gasteiger partial charge in [0.15, 0.2) is 0 Å². The second-order valence-corrected chi connectivity index (χ2v) is 7.49. The molecule has 2 heterocycles. The fourth-order valence-corrected chi connectivity index (χ4v) is 4.40. The molecule has 1 aliphatic carbocycles. The van der Waals surface area contributed by atoms with Gasteiger partial charge < -0.3 is 4.90 Å². The van der Waals surface area contributed by atoms with Crippen LogP contribution in [0.2, 0.25) is 5.02 Å². The van der Waals surface area contributed by atoms with Crippen LogP contribution in [0.1, 0.15) is 29.0 Å². The third-order valence-corrected chi connectivity index (χ3v) is 5.85. The lowest BCUT2D eigenvalue weighted by atomic mass is 9.92. The largest absolute Gasteiger partial charge is 0.307 e. The number of aromatic nitrogens is 1. The van der Waals surface area contributed by atoms with E-state index in [0.29, 0.717) is 6.54 Å². The van der Waals surface area contributed by atoms with Crippen molar-refractivity contribution in [3.63, 3.8) is 0 Å². The molecule has 2 aromatic carbocycles. The molecule has 1 amide bonds. The summed E-state index contributed by atoms with van der Waals surface area (Å²) in [5.74, 6) is 0.412. The molecule has 2 atom stereocenters. The predicted octanol–water partition coefficient (Wildman–Crippen LogP) is 4.71. The first-order valence-electron chi connectivity index (χ1n) is 8.76. The third-order valence-electron chi connectivity index (χ3n) is 5.60. The Hall–Kier alpha value is -2.65. The number of amides is 1. The Morgan fingerprint density at radius 3 is 2.65 bits per heavy atom. The molecule has 0 unspecified atom stereocenters. The molecule has 0 bridgehead atoms. The Labute approximate surface area is 157 Å². The molecule has 26 heavy (non-hydrogen) atoms. The zero-order valence-electron chi connectivity index (χ0n) is 14.1. The summed E-state index contributed by atoms with van der Waals surface area (Å²) in [7, 11) is 0. The predicted molar refractivity (Wildman–Crippen MR) is 102 cm³/mol. The number of carbonyl (C=O) groups is 1. The van der Waals surface area contributed by atoms with Crippen LogP contribution in [-0.4, -0.2) is 10.9 Å². The number of fused-ring (bicyclic) bond motifs is 2. The molecule has 2 aliphatic rings. The van der Waals surface area contributed by atoms with Crippen LogP contribution in [-0.2, 0) is 16.8 Å². The summed E-state index contributed by atoms with van der Waals surface area (Å²) >= 11 is 6.03. The summed E-state index contributed by atoms with van der Waals surface area (Å²) in [5, 5.41) is 0.722. The van der Waals surface area contributed by atoms with Gasteiger partial charge in [-0.2, -0.15) is 0 Å². The molecule has 1 saturated carbocycles. The van der Waals surface area contributed by atoms with Gasteiger partial charge >= 0.3 is 0 Å². The van der Waals surface area contributed by atoms with Crippen molar-refractivity contribution in [3.05, 3.63) is 94.8 Å². The van der Waals surface area contributed by atoms with E-state index in [2.05, 4.69) is 17.1 Å². The Bertz CT molecular complexity index is 987. The van der Waals surface area contributed by atoms with Crippen molar-refractivity contribution < 1.29 is 4.79 Å². The first-order valence-corrected chi connectivity index (χ1v) is 9.14. The molecule has 5 rings (SSSR count). The monoisotopic (exact) mass is 360 g/mol. The summed E-state index contributed by atoms with van der Waals surface area (Å²) in [6, 6.07) is 20.0. The van der Waals surface area contributed by atoms with E-state index in [4.69, 9.17) is 11.6 Å². The molecule has 0 N–H and O–H groups in total. The van der Waals surface area contributed by atoms with Crippen molar-refractivity contribution in [3.8, 4) is 0 Å². The molecular formula is C22H17ClN2O. The zero-order valence-corrected chi connectivity index (χ0v) is 14.9. The second-order valence-electron chi connectivity index (χ2n) is 7.05. The van der Waals surface area contributed by atoms with Gasteiger partial charge in [0.25, 0.3) is 0 Å². The lowest BCUT2D eigenvalue weighted by Crippen LogP contribution is -2.32. The number of carbonyl (C=O) groups excluding carboxylic acids is 1. The third kappa shape index (κ3) is 2.20. The maximum absolute atomic E-state index is 13.5. The van der Waals surface area contributed by atoms with Crippen molar-refractivity contribution in [2.45, 2.75) is 24.3 Å². The van der Waals surface area contributed by atoms with Crippen LogP contribution in [0.5, 0.6) is 0 Å². The van der Waals surface area contributed by atoms with Gasteiger partial charge in [-0.15, -0.1) is 0 Å². The number of hydrogen-bond acceptors (Lipinski definition) is 2. The summed E-state index contributed by atoms with van der Waals surface area (Å²) in [5.41, 5.74) is 3.97. The summed E-state index contributed by atoms with van der Waals surface area (Å²) < 4.78 is 0. The van der Waals surface area contributed by atoms with Crippen molar-refractivity contribution in [2.24, 2.45) is 0 Å². The number of nitrogens with zero attached hydrogens (tertiary/aromatic N) is 2. The van der Waals surface area contributed by atoms with Gasteiger partial charge in [-0.25, -0.2) is 0 Å². The van der Waals surface area contributed by atoms with Gasteiger partial charge in [-0.1, -0.05) is 48.0 Å². The van der Waals surface area contributed by atoms with E-state index in [1.807, 2.05) is 59.6 Å². The lowest BCUT2D eigenvalue weighted by molar-refractivity contribution is -0.120. The van der Waals surface area contributed by atoms with E-state index in [1.165, 1.54) is 5.56 Å². The second kappa shape index (κ2) is 5.68. The SMILES string of the molecule is O=C1N(Cc2cccnc2)c2ccccc2[C@]12C[C@H]2c1ccc(Cl)cc1. The van der Waals surface area contributed by atoms with E-state index in [0.717, 1.165) is 28.3 Å². The average Bonchev–Trinajstić information content (AvgIpc) is 3.39. The number of pyridine rings is 1. The topological polar surface area (TPSA) is 33.2 Å². The van der Waals surface area contributed by atoms with Crippen molar-refractivity contribution in [1.29, 1.82) is 0 Å². The van der Waals surface area contributed by atoms with Crippen LogP contribution >= 0.6 is 11.6 Å². The maximum atomic E-state index is 13.5. The quantitative estimate of drug-likeness (QED) is 0.677. The number of benzene rings is 2. The summed E-state index contributed by atoms with van der Waals surface area (Å²) in [6.45, 7) is 0.554. The minimum Gasteiger partial charge on any atom is -0.307 e. The Morgan fingerprint density at radius 1 is 1.08 bits per heavy atom. The number of halogens is 1. The highest BCUT2D eigenvalue weighted by Crippen LogP contribution is 2.66. The zero-order chi connectivity index (χ0) is 17.7. The highest BCUT2D eigenvalue weighted by atomic mass is 35.5. The van der Waals surface area contributed by atoms with Crippen LogP contribution in [0.3, 0.4) is 0 Å². The lowest BCUT2D eigenvalue weighted by Gasteiger charge is -2.18. The molecule has 4 heteroatoms. The summed E-state index contributed by atoms with van der Waals surface area (Å²) in [4.78, 5) is 19.6. The maximum Gasteiger partial charge on any atom is 0.238 e. The van der Waals surface area contributed by atoms with Gasteiger partial charge in [0.1, 0.15) is 0 Å². The first kappa shape index (κ1) is 15.6. The highest BCUT2D eigenvalue weighted by Gasteiger charge is 2.66. The van der Waals surface area contributed by atoms with Crippen LogP contribution in [0.25, 0.3) is 0 Å². The molecule has 128 valence electrons. The van der Waals surface area contributed by atoms with E-state index < -0.39 is 5.41 Å². The van der Waals surface area contributed by atoms with Gasteiger partial charge in [-0.05, 0) is 47.4 Å². The van der Waals surface area contributed by atoms with Gasteiger partial charge in [0.05, 0.1) is 12.0 Å². The Kier molecular flexibility index (Phi) is 3.41. The minimum absolute atomic E-state index is 0.197. The smallest absolute Gasteiger partial charge is 0.238 e. The molecular weight excluding hydrogens is 344 g/mol. The highest BCUT2D eigenvalue weighted by molar-refractivity contribution is 6.30. The number of rotatable bonds is 3.